The van der Waals surface area contributed by atoms with E-state index in [1.54, 1.807) is 7.11 Å². The molecular weight excluding hydrogens is 190 g/mol. The number of nitrogens with zero attached hydrogens (tertiary/aromatic N) is 1. The lowest BCUT2D eigenvalue weighted by atomic mass is 9.84. The number of rotatable bonds is 4. The standard InChI is InChI=1S/C12H24NO2/c1-12(2,3)11(14)10-6-5-7-13(10)8-9-15-4/h10-11H,5-9H2,1-4H3/t10-,11?/m0/s1. The summed E-state index contributed by atoms with van der Waals surface area (Å²) in [5, 5.41) is 12.2. The molecule has 3 nitrogen and oxygen atoms in total. The molecule has 0 aromatic heterocycles. The maximum Gasteiger partial charge on any atom is 0.113 e. The van der Waals surface area contributed by atoms with Gasteiger partial charge in [-0.25, -0.2) is 5.11 Å². The molecule has 89 valence electrons. The van der Waals surface area contributed by atoms with E-state index in [-0.39, 0.29) is 11.5 Å². The van der Waals surface area contributed by atoms with Gasteiger partial charge in [0.1, 0.15) is 6.10 Å². The molecule has 1 saturated heterocycles. The van der Waals surface area contributed by atoms with Gasteiger partial charge in [-0.1, -0.05) is 20.8 Å². The molecule has 1 fully saturated rings. The van der Waals surface area contributed by atoms with Crippen molar-refractivity contribution < 1.29 is 9.84 Å². The van der Waals surface area contributed by atoms with E-state index in [4.69, 9.17) is 4.74 Å². The minimum Gasteiger partial charge on any atom is -0.383 e. The van der Waals surface area contributed by atoms with Crippen LogP contribution in [-0.2, 0) is 9.84 Å². The van der Waals surface area contributed by atoms with Crippen LogP contribution in [0, 0.1) is 5.41 Å². The molecule has 0 bridgehead atoms. The highest BCUT2D eigenvalue weighted by atomic mass is 16.5. The smallest absolute Gasteiger partial charge is 0.113 e. The Morgan fingerprint density at radius 1 is 1.47 bits per heavy atom. The first kappa shape index (κ1) is 12.9. The molecule has 0 N–H and O–H groups in total. The molecule has 0 aromatic rings. The normalized spacial score (nSPS) is 25.8. The first-order valence-electron chi connectivity index (χ1n) is 5.85. The minimum atomic E-state index is -0.489. The largest absolute Gasteiger partial charge is 0.383 e. The Labute approximate surface area is 93.4 Å². The fourth-order valence-electron chi connectivity index (χ4n) is 2.26. The lowest BCUT2D eigenvalue weighted by Gasteiger charge is -2.34. The second-order valence-electron chi connectivity index (χ2n) is 5.52. The monoisotopic (exact) mass is 214 g/mol. The van der Waals surface area contributed by atoms with Crippen LogP contribution >= 0.6 is 0 Å². The van der Waals surface area contributed by atoms with Crippen molar-refractivity contribution >= 4 is 0 Å². The molecule has 1 unspecified atom stereocenters. The Morgan fingerprint density at radius 3 is 2.67 bits per heavy atom. The second kappa shape index (κ2) is 5.28. The van der Waals surface area contributed by atoms with Crippen LogP contribution in [0.4, 0.5) is 0 Å². The number of likely N-dealkylation sites (tertiary alicyclic amines) is 1. The molecule has 1 radical (unpaired) electrons. The molecule has 1 heterocycles. The predicted molar refractivity (Wildman–Crippen MR) is 60.4 cm³/mol. The summed E-state index contributed by atoms with van der Waals surface area (Å²) in [6.07, 6.45) is 1.72. The highest BCUT2D eigenvalue weighted by Gasteiger charge is 2.37. The maximum absolute atomic E-state index is 12.2. The van der Waals surface area contributed by atoms with Crippen LogP contribution in [0.1, 0.15) is 33.6 Å². The van der Waals surface area contributed by atoms with Gasteiger partial charge in [0, 0.05) is 19.7 Å². The molecule has 3 heteroatoms. The summed E-state index contributed by atoms with van der Waals surface area (Å²) in [5.41, 5.74) is -0.139. The fourth-order valence-corrected chi connectivity index (χ4v) is 2.26. The van der Waals surface area contributed by atoms with E-state index >= 15 is 0 Å². The average Bonchev–Trinajstić information content (AvgIpc) is 2.59. The van der Waals surface area contributed by atoms with Crippen LogP contribution in [0.5, 0.6) is 0 Å². The molecular formula is C12H24NO2. The summed E-state index contributed by atoms with van der Waals surface area (Å²) >= 11 is 0. The van der Waals surface area contributed by atoms with Gasteiger partial charge in [0.2, 0.25) is 0 Å². The van der Waals surface area contributed by atoms with E-state index in [9.17, 15) is 5.11 Å². The van der Waals surface area contributed by atoms with Crippen molar-refractivity contribution in [3.05, 3.63) is 0 Å². The van der Waals surface area contributed by atoms with Crippen molar-refractivity contribution in [2.45, 2.75) is 45.8 Å². The summed E-state index contributed by atoms with van der Waals surface area (Å²) in [6.45, 7) is 8.80. The summed E-state index contributed by atoms with van der Waals surface area (Å²) in [5.74, 6) is 0. The van der Waals surface area contributed by atoms with Gasteiger partial charge < -0.3 is 4.74 Å². The van der Waals surface area contributed by atoms with E-state index in [1.165, 1.54) is 0 Å². The summed E-state index contributed by atoms with van der Waals surface area (Å²) < 4.78 is 5.07. The molecule has 1 rings (SSSR count). The Kier molecular flexibility index (Phi) is 4.56. The van der Waals surface area contributed by atoms with Crippen LogP contribution in [0.2, 0.25) is 0 Å². The Bertz CT molecular complexity index is 189. The Hall–Kier alpha value is -0.120. The van der Waals surface area contributed by atoms with Gasteiger partial charge in [-0.3, -0.25) is 4.90 Å². The van der Waals surface area contributed by atoms with Crippen molar-refractivity contribution in [3.63, 3.8) is 0 Å². The van der Waals surface area contributed by atoms with Crippen LogP contribution in [0.3, 0.4) is 0 Å². The lowest BCUT2D eigenvalue weighted by Crippen LogP contribution is -2.45. The summed E-state index contributed by atoms with van der Waals surface area (Å²) in [6, 6.07) is 0.208. The van der Waals surface area contributed by atoms with E-state index < -0.39 is 6.10 Å². The molecule has 1 aliphatic heterocycles. The first-order valence-corrected chi connectivity index (χ1v) is 5.85. The third-order valence-corrected chi connectivity index (χ3v) is 3.20. The van der Waals surface area contributed by atoms with Gasteiger partial charge in [-0.05, 0) is 24.8 Å². The van der Waals surface area contributed by atoms with Crippen LogP contribution < -0.4 is 0 Å². The second-order valence-corrected chi connectivity index (χ2v) is 5.52. The SMILES string of the molecule is COCCN1CCC[C@H]1C([O])C(C)(C)C. The lowest BCUT2D eigenvalue weighted by molar-refractivity contribution is -0.0555. The van der Waals surface area contributed by atoms with Crippen LogP contribution in [0.15, 0.2) is 0 Å². The molecule has 0 amide bonds. The first-order chi connectivity index (χ1) is 6.96. The van der Waals surface area contributed by atoms with Gasteiger partial charge in [-0.2, -0.15) is 0 Å². The van der Waals surface area contributed by atoms with Crippen molar-refractivity contribution in [1.29, 1.82) is 0 Å². The van der Waals surface area contributed by atoms with Gasteiger partial charge in [-0.15, -0.1) is 0 Å². The van der Waals surface area contributed by atoms with E-state index in [2.05, 4.69) is 4.90 Å². The van der Waals surface area contributed by atoms with Crippen LogP contribution in [0.25, 0.3) is 0 Å². The fraction of sp³-hybridized carbons (Fsp3) is 1.00. The summed E-state index contributed by atoms with van der Waals surface area (Å²) in [7, 11) is 1.71. The highest BCUT2D eigenvalue weighted by Crippen LogP contribution is 2.30. The van der Waals surface area contributed by atoms with E-state index in [0.717, 1.165) is 32.5 Å². The molecule has 0 spiro atoms. The third-order valence-electron chi connectivity index (χ3n) is 3.20. The maximum atomic E-state index is 12.2. The van der Waals surface area contributed by atoms with Gasteiger partial charge >= 0.3 is 0 Å². The predicted octanol–water partition coefficient (Wildman–Crippen LogP) is 1.94. The van der Waals surface area contributed by atoms with Gasteiger partial charge in [0.05, 0.1) is 6.61 Å². The number of methoxy groups -OCH3 is 1. The number of hydrogen-bond donors (Lipinski definition) is 0. The van der Waals surface area contributed by atoms with Crippen molar-refractivity contribution in [2.75, 3.05) is 26.8 Å². The zero-order valence-electron chi connectivity index (χ0n) is 10.5. The van der Waals surface area contributed by atoms with Gasteiger partial charge in [0.25, 0.3) is 0 Å². The van der Waals surface area contributed by atoms with Crippen LogP contribution in [-0.4, -0.2) is 43.9 Å². The minimum absolute atomic E-state index is 0.139. The molecule has 0 saturated carbocycles. The van der Waals surface area contributed by atoms with Crippen molar-refractivity contribution in [1.82, 2.24) is 4.90 Å². The Balaban J connectivity index is 2.52. The van der Waals surface area contributed by atoms with Crippen molar-refractivity contribution in [3.8, 4) is 0 Å². The zero-order valence-corrected chi connectivity index (χ0v) is 10.5. The number of ether oxygens (including phenoxy) is 1. The topological polar surface area (TPSA) is 32.4 Å². The Morgan fingerprint density at radius 2 is 2.13 bits per heavy atom. The van der Waals surface area contributed by atoms with E-state index in [1.807, 2.05) is 20.8 Å². The quantitative estimate of drug-likeness (QED) is 0.716. The highest BCUT2D eigenvalue weighted by molar-refractivity contribution is 4.90. The average molecular weight is 214 g/mol. The molecule has 15 heavy (non-hydrogen) atoms. The summed E-state index contributed by atoms with van der Waals surface area (Å²) in [4.78, 5) is 2.30. The molecule has 2 atom stereocenters. The number of hydrogen-bond acceptors (Lipinski definition) is 2. The van der Waals surface area contributed by atoms with E-state index in [0.29, 0.717) is 0 Å². The molecule has 0 aliphatic carbocycles. The van der Waals surface area contributed by atoms with Crippen molar-refractivity contribution in [2.24, 2.45) is 5.41 Å². The zero-order chi connectivity index (χ0) is 11.5. The third kappa shape index (κ3) is 3.44. The molecule has 1 aliphatic rings. The molecule has 0 aromatic carbocycles. The van der Waals surface area contributed by atoms with Gasteiger partial charge in [0.15, 0.2) is 0 Å².